The van der Waals surface area contributed by atoms with Crippen LogP contribution in [0.25, 0.3) is 0 Å². The maximum atomic E-state index is 11.6. The lowest BCUT2D eigenvalue weighted by Gasteiger charge is -2.16. The Morgan fingerprint density at radius 1 is 1.21 bits per heavy atom. The van der Waals surface area contributed by atoms with Crippen molar-refractivity contribution in [3.63, 3.8) is 0 Å². The van der Waals surface area contributed by atoms with Gasteiger partial charge in [-0.05, 0) is 31.8 Å². The zero-order valence-corrected chi connectivity index (χ0v) is 10.5. The molecule has 1 heterocycles. The molecular weight excluding hydrogens is 250 g/mol. The molecule has 1 atom stereocenters. The quantitative estimate of drug-likeness (QED) is 0.635. The lowest BCUT2D eigenvalue weighted by molar-refractivity contribution is 0.0182. The second kappa shape index (κ2) is 6.17. The third kappa shape index (κ3) is 3.67. The maximum absolute atomic E-state index is 11.6. The lowest BCUT2D eigenvalue weighted by atomic mass is 10.0. The summed E-state index contributed by atoms with van der Waals surface area (Å²) in [6, 6.07) is 2.41. The van der Waals surface area contributed by atoms with Crippen LogP contribution in [0.15, 0.2) is 24.3 Å². The molecule has 2 N–H and O–H groups in total. The number of rotatable bonds is 2. The molecule has 0 fully saturated rings. The first-order valence-electron chi connectivity index (χ1n) is 6.32. The number of allylic oxidation sites excluding steroid dienone is 1. The normalized spacial score (nSPS) is 19.5. The number of aromatic nitrogens is 1. The average molecular weight is 267 g/mol. The minimum Gasteiger partial charge on any atom is -0.492 e. The van der Waals surface area contributed by atoms with Crippen LogP contribution in [0, 0.1) is 0 Å². The molecule has 1 aromatic heterocycles. The smallest absolute Gasteiger partial charge is 0.492 e. The van der Waals surface area contributed by atoms with Crippen LogP contribution in [0.2, 0.25) is 0 Å². The Morgan fingerprint density at radius 2 is 1.95 bits per heavy atom. The summed E-state index contributed by atoms with van der Waals surface area (Å²) in [5.74, 6) is -0.745. The zero-order chi connectivity index (χ0) is 13.7. The first kappa shape index (κ1) is 13.3. The van der Waals surface area contributed by atoms with Crippen molar-refractivity contribution in [2.24, 2.45) is 0 Å². The summed E-state index contributed by atoms with van der Waals surface area (Å²) in [6.07, 6.45) is 7.52. The zero-order valence-electron chi connectivity index (χ0n) is 10.5. The highest BCUT2D eigenvalue weighted by molar-refractivity contribution is 5.61. The highest BCUT2D eigenvalue weighted by atomic mass is 16.8. The van der Waals surface area contributed by atoms with E-state index in [0.29, 0.717) is 4.73 Å². The summed E-state index contributed by atoms with van der Waals surface area (Å²) in [5, 5.41) is 18.6. The molecule has 0 bridgehead atoms. The van der Waals surface area contributed by atoms with Crippen LogP contribution in [-0.4, -0.2) is 27.2 Å². The van der Waals surface area contributed by atoms with Gasteiger partial charge in [-0.3, -0.25) is 4.84 Å². The monoisotopic (exact) mass is 267 g/mol. The Bertz CT molecular complexity index is 446. The Kier molecular flexibility index (Phi) is 4.33. The predicted molar refractivity (Wildman–Crippen MR) is 66.8 cm³/mol. The molecule has 19 heavy (non-hydrogen) atoms. The molecule has 0 unspecified atom stereocenters. The predicted octanol–water partition coefficient (Wildman–Crippen LogP) is 2.35. The highest BCUT2D eigenvalue weighted by Crippen LogP contribution is 2.19. The van der Waals surface area contributed by atoms with Crippen molar-refractivity contribution in [2.75, 3.05) is 0 Å². The molecule has 2 rings (SSSR count). The van der Waals surface area contributed by atoms with Crippen LogP contribution in [0.5, 0.6) is 11.8 Å². The highest BCUT2D eigenvalue weighted by Gasteiger charge is 2.17. The topological polar surface area (TPSA) is 80.9 Å². The van der Waals surface area contributed by atoms with E-state index in [2.05, 4.69) is 0 Å². The summed E-state index contributed by atoms with van der Waals surface area (Å²) in [6.45, 7) is 0. The molecule has 1 aliphatic rings. The maximum Gasteiger partial charge on any atom is 0.534 e. The number of carbonyl (C=O) groups is 1. The number of hydrogen-bond acceptors (Lipinski definition) is 5. The number of ether oxygens (including phenoxy) is 1. The van der Waals surface area contributed by atoms with Gasteiger partial charge in [-0.15, -0.1) is 4.73 Å². The van der Waals surface area contributed by atoms with E-state index >= 15 is 0 Å². The van der Waals surface area contributed by atoms with Gasteiger partial charge in [0.1, 0.15) is 6.10 Å². The van der Waals surface area contributed by atoms with Gasteiger partial charge in [0.25, 0.3) is 0 Å². The third-order valence-electron chi connectivity index (χ3n) is 2.92. The van der Waals surface area contributed by atoms with E-state index in [4.69, 9.17) is 9.57 Å². The molecule has 0 radical (unpaired) electrons. The van der Waals surface area contributed by atoms with Crippen LogP contribution < -0.4 is 4.84 Å². The standard InChI is InChI=1S/C13H17NO5/c15-11-8-9-12(16)14(11)19-13(17)18-10-6-4-2-1-3-5-7-10/h4,6,8-10,15-16H,1-3,5,7H2/t10-/m0/s1. The minimum absolute atomic E-state index is 0.326. The Labute approximate surface area is 110 Å². The second-order valence-electron chi connectivity index (χ2n) is 4.41. The second-order valence-corrected chi connectivity index (χ2v) is 4.41. The fraction of sp³-hybridized carbons (Fsp3) is 0.462. The Balaban J connectivity index is 1.91. The van der Waals surface area contributed by atoms with Crippen molar-refractivity contribution in [1.29, 1.82) is 0 Å². The van der Waals surface area contributed by atoms with E-state index in [1.807, 2.05) is 12.2 Å². The van der Waals surface area contributed by atoms with Gasteiger partial charge in [-0.2, -0.15) is 0 Å². The van der Waals surface area contributed by atoms with Gasteiger partial charge in [0.15, 0.2) is 0 Å². The van der Waals surface area contributed by atoms with Gasteiger partial charge in [-0.25, -0.2) is 4.79 Å². The van der Waals surface area contributed by atoms with Crippen molar-refractivity contribution in [2.45, 2.75) is 38.2 Å². The van der Waals surface area contributed by atoms with Crippen LogP contribution in [-0.2, 0) is 4.74 Å². The molecule has 6 nitrogen and oxygen atoms in total. The third-order valence-corrected chi connectivity index (χ3v) is 2.92. The van der Waals surface area contributed by atoms with Crippen LogP contribution in [0.4, 0.5) is 4.79 Å². The Morgan fingerprint density at radius 3 is 2.68 bits per heavy atom. The van der Waals surface area contributed by atoms with E-state index in [9.17, 15) is 15.0 Å². The van der Waals surface area contributed by atoms with Crippen molar-refractivity contribution >= 4 is 6.16 Å². The fourth-order valence-corrected chi connectivity index (χ4v) is 1.94. The van der Waals surface area contributed by atoms with E-state index in [0.717, 1.165) is 32.1 Å². The molecule has 1 aliphatic carbocycles. The van der Waals surface area contributed by atoms with Crippen molar-refractivity contribution in [3.8, 4) is 11.8 Å². The van der Waals surface area contributed by atoms with Crippen molar-refractivity contribution < 1.29 is 24.6 Å². The van der Waals surface area contributed by atoms with E-state index < -0.39 is 6.16 Å². The minimum atomic E-state index is -0.961. The fourth-order valence-electron chi connectivity index (χ4n) is 1.94. The molecule has 0 saturated heterocycles. The van der Waals surface area contributed by atoms with Gasteiger partial charge in [0, 0.05) is 12.1 Å². The lowest BCUT2D eigenvalue weighted by Crippen LogP contribution is -2.25. The van der Waals surface area contributed by atoms with E-state index in [1.54, 1.807) is 0 Å². The molecule has 0 aliphatic heterocycles. The van der Waals surface area contributed by atoms with Gasteiger partial charge in [0.2, 0.25) is 11.8 Å². The number of carbonyl (C=O) groups excluding carboxylic acids is 1. The summed E-state index contributed by atoms with van der Waals surface area (Å²) < 4.78 is 5.73. The summed E-state index contributed by atoms with van der Waals surface area (Å²) >= 11 is 0. The average Bonchev–Trinajstić information content (AvgIpc) is 2.64. The largest absolute Gasteiger partial charge is 0.534 e. The van der Waals surface area contributed by atoms with E-state index in [1.165, 1.54) is 12.1 Å². The summed E-state index contributed by atoms with van der Waals surface area (Å²) in [4.78, 5) is 16.3. The molecule has 104 valence electrons. The molecule has 0 saturated carbocycles. The van der Waals surface area contributed by atoms with Crippen LogP contribution in [0.1, 0.15) is 32.1 Å². The van der Waals surface area contributed by atoms with Crippen molar-refractivity contribution in [3.05, 3.63) is 24.3 Å². The first-order valence-corrected chi connectivity index (χ1v) is 6.32. The van der Waals surface area contributed by atoms with Crippen LogP contribution in [0.3, 0.4) is 0 Å². The van der Waals surface area contributed by atoms with Gasteiger partial charge in [-0.1, -0.05) is 12.5 Å². The number of aromatic hydroxyl groups is 2. The van der Waals surface area contributed by atoms with Gasteiger partial charge < -0.3 is 14.9 Å². The van der Waals surface area contributed by atoms with Crippen LogP contribution >= 0.6 is 0 Å². The van der Waals surface area contributed by atoms with Gasteiger partial charge in [0.05, 0.1) is 0 Å². The van der Waals surface area contributed by atoms with E-state index in [-0.39, 0.29) is 17.9 Å². The molecular formula is C13H17NO5. The molecule has 0 aromatic carbocycles. The summed E-state index contributed by atoms with van der Waals surface area (Å²) in [7, 11) is 0. The SMILES string of the molecule is O=C(O[C@H]1C=CCCCCC1)On1c(O)ccc1O. The molecule has 0 amide bonds. The number of hydrogen-bond donors (Lipinski definition) is 2. The summed E-state index contributed by atoms with van der Waals surface area (Å²) in [5.41, 5.74) is 0. The Hall–Kier alpha value is -2.11. The van der Waals surface area contributed by atoms with Crippen molar-refractivity contribution in [1.82, 2.24) is 4.73 Å². The first-order chi connectivity index (χ1) is 9.16. The molecule has 0 spiro atoms. The molecule has 6 heteroatoms. The number of nitrogens with zero attached hydrogens (tertiary/aromatic N) is 1. The van der Waals surface area contributed by atoms with Gasteiger partial charge >= 0.3 is 6.16 Å². The molecule has 1 aromatic rings.